The minimum Gasteiger partial charge on any atom is -0.372 e. The zero-order valence-corrected chi connectivity index (χ0v) is 12.0. The zero-order chi connectivity index (χ0) is 14.7. The zero-order valence-electron chi connectivity index (χ0n) is 10.4. The van der Waals surface area contributed by atoms with Gasteiger partial charge in [-0.15, -0.1) is 0 Å². The number of anilines is 2. The van der Waals surface area contributed by atoms with Crippen LogP contribution in [0.4, 0.5) is 20.3 Å². The van der Waals surface area contributed by atoms with Gasteiger partial charge in [-0.1, -0.05) is 6.07 Å². The van der Waals surface area contributed by atoms with Crippen LogP contribution in [0.5, 0.6) is 0 Å². The number of pyridine rings is 1. The summed E-state index contributed by atoms with van der Waals surface area (Å²) in [5.74, 6) is -1.70. The van der Waals surface area contributed by atoms with Crippen molar-refractivity contribution in [2.45, 2.75) is 0 Å². The van der Waals surface area contributed by atoms with Crippen molar-refractivity contribution in [1.82, 2.24) is 4.98 Å². The molecule has 2 N–H and O–H groups in total. The molecule has 7 heteroatoms. The summed E-state index contributed by atoms with van der Waals surface area (Å²) in [4.78, 5) is 15.9. The Labute approximate surface area is 122 Å². The van der Waals surface area contributed by atoms with Crippen molar-refractivity contribution in [2.24, 2.45) is 0 Å². The summed E-state index contributed by atoms with van der Waals surface area (Å²) in [6.07, 6.45) is 0.988. The molecule has 20 heavy (non-hydrogen) atoms. The van der Waals surface area contributed by atoms with Gasteiger partial charge < -0.3 is 10.6 Å². The first-order valence-corrected chi connectivity index (χ1v) is 6.41. The van der Waals surface area contributed by atoms with Crippen LogP contribution in [0.3, 0.4) is 0 Å². The third-order valence-corrected chi connectivity index (χ3v) is 3.20. The lowest BCUT2D eigenvalue weighted by Gasteiger charge is -2.11. The molecule has 0 bridgehead atoms. The topological polar surface area (TPSA) is 54.0 Å². The molecule has 0 saturated heterocycles. The summed E-state index contributed by atoms with van der Waals surface area (Å²) in [5.41, 5.74) is -0.0218. The minimum absolute atomic E-state index is 0.0104. The second-order valence-corrected chi connectivity index (χ2v) is 4.70. The van der Waals surface area contributed by atoms with E-state index in [-0.39, 0.29) is 17.1 Å². The van der Waals surface area contributed by atoms with Crippen LogP contribution < -0.4 is 10.6 Å². The van der Waals surface area contributed by atoms with Gasteiger partial charge in [-0.2, -0.15) is 0 Å². The van der Waals surface area contributed by atoms with Crippen LogP contribution >= 0.6 is 15.9 Å². The molecule has 0 aliphatic carbocycles. The van der Waals surface area contributed by atoms with E-state index in [0.717, 1.165) is 12.3 Å². The number of benzene rings is 1. The number of rotatable bonds is 3. The molecule has 0 aliphatic heterocycles. The minimum atomic E-state index is -0.660. The number of para-hydroxylation sites is 1. The van der Waals surface area contributed by atoms with Crippen molar-refractivity contribution in [1.29, 1.82) is 0 Å². The molecule has 0 radical (unpaired) electrons. The Bertz CT molecular complexity index is 644. The first-order valence-electron chi connectivity index (χ1n) is 5.61. The number of hydrogen-bond acceptors (Lipinski definition) is 3. The number of amides is 1. The van der Waals surface area contributed by atoms with Crippen molar-refractivity contribution in [2.75, 3.05) is 17.7 Å². The molecule has 104 valence electrons. The fourth-order valence-corrected chi connectivity index (χ4v) is 2.05. The molecule has 0 aliphatic rings. The third kappa shape index (κ3) is 2.93. The number of hydrogen-bond donors (Lipinski definition) is 2. The molecular formula is C13H10BrF2N3O. The Hall–Kier alpha value is -2.02. The summed E-state index contributed by atoms with van der Waals surface area (Å²) < 4.78 is 27.2. The Morgan fingerprint density at radius 1 is 1.35 bits per heavy atom. The average Bonchev–Trinajstić information content (AvgIpc) is 2.43. The van der Waals surface area contributed by atoms with Crippen LogP contribution in [0.2, 0.25) is 0 Å². The summed E-state index contributed by atoms with van der Waals surface area (Å²) >= 11 is 3.14. The number of aromatic nitrogens is 1. The molecule has 1 aromatic carbocycles. The number of nitrogens with zero attached hydrogens (tertiary/aromatic N) is 1. The van der Waals surface area contributed by atoms with E-state index in [0.29, 0.717) is 4.47 Å². The monoisotopic (exact) mass is 341 g/mol. The SMILES string of the molecule is CNc1ncc(F)cc1C(=O)Nc1c(F)cccc1Br. The van der Waals surface area contributed by atoms with Gasteiger partial charge in [-0.05, 0) is 34.1 Å². The van der Waals surface area contributed by atoms with E-state index in [1.54, 1.807) is 13.1 Å². The summed E-state index contributed by atoms with van der Waals surface area (Å²) in [7, 11) is 1.55. The van der Waals surface area contributed by atoms with Gasteiger partial charge in [0.1, 0.15) is 17.5 Å². The molecule has 4 nitrogen and oxygen atoms in total. The van der Waals surface area contributed by atoms with Crippen molar-refractivity contribution < 1.29 is 13.6 Å². The van der Waals surface area contributed by atoms with E-state index in [1.807, 2.05) is 0 Å². The number of carbonyl (C=O) groups excluding carboxylic acids is 1. The van der Waals surface area contributed by atoms with Crippen LogP contribution in [0.15, 0.2) is 34.9 Å². The Morgan fingerprint density at radius 3 is 2.75 bits per heavy atom. The van der Waals surface area contributed by atoms with Gasteiger partial charge in [0.15, 0.2) is 0 Å². The highest BCUT2D eigenvalue weighted by atomic mass is 79.9. The molecule has 2 rings (SSSR count). The van der Waals surface area contributed by atoms with E-state index in [4.69, 9.17) is 0 Å². The molecule has 0 spiro atoms. The molecule has 0 fully saturated rings. The van der Waals surface area contributed by atoms with Crippen LogP contribution in [0, 0.1) is 11.6 Å². The smallest absolute Gasteiger partial charge is 0.259 e. The van der Waals surface area contributed by atoms with Gasteiger partial charge in [-0.3, -0.25) is 4.79 Å². The first kappa shape index (κ1) is 14.4. The second kappa shape index (κ2) is 5.96. The fourth-order valence-electron chi connectivity index (χ4n) is 1.61. The number of carbonyl (C=O) groups is 1. The van der Waals surface area contributed by atoms with E-state index < -0.39 is 17.5 Å². The highest BCUT2D eigenvalue weighted by Crippen LogP contribution is 2.26. The van der Waals surface area contributed by atoms with Crippen molar-refractivity contribution in [3.8, 4) is 0 Å². The first-order chi connectivity index (χ1) is 9.52. The highest BCUT2D eigenvalue weighted by Gasteiger charge is 2.16. The summed E-state index contributed by atoms with van der Waals surface area (Å²) in [6, 6.07) is 5.32. The lowest BCUT2D eigenvalue weighted by Crippen LogP contribution is -2.16. The Morgan fingerprint density at radius 2 is 2.10 bits per heavy atom. The molecule has 1 aromatic heterocycles. The quantitative estimate of drug-likeness (QED) is 0.899. The molecule has 0 saturated carbocycles. The third-order valence-electron chi connectivity index (χ3n) is 2.54. The standard InChI is InChI=1S/C13H10BrF2N3O/c1-17-12-8(5-7(15)6-18-12)13(20)19-11-9(14)3-2-4-10(11)16/h2-6H,1H3,(H,17,18)(H,19,20). The Balaban J connectivity index is 2.35. The van der Waals surface area contributed by atoms with E-state index >= 15 is 0 Å². The molecule has 2 aromatic rings. The van der Waals surface area contributed by atoms with Gasteiger partial charge in [0.25, 0.3) is 5.91 Å². The molecule has 1 amide bonds. The second-order valence-electron chi connectivity index (χ2n) is 3.85. The Kier molecular flexibility index (Phi) is 4.29. The van der Waals surface area contributed by atoms with Gasteiger partial charge in [0, 0.05) is 11.5 Å². The lowest BCUT2D eigenvalue weighted by molar-refractivity contribution is 0.102. The lowest BCUT2D eigenvalue weighted by atomic mass is 10.2. The van der Waals surface area contributed by atoms with Crippen molar-refractivity contribution >= 4 is 33.3 Å². The number of nitrogens with one attached hydrogen (secondary N) is 2. The van der Waals surface area contributed by atoms with Crippen LogP contribution in [0.25, 0.3) is 0 Å². The fraction of sp³-hybridized carbons (Fsp3) is 0.0769. The van der Waals surface area contributed by atoms with Gasteiger partial charge in [0.05, 0.1) is 17.4 Å². The molecular weight excluding hydrogens is 332 g/mol. The molecule has 1 heterocycles. The number of halogens is 3. The predicted molar refractivity (Wildman–Crippen MR) is 75.8 cm³/mol. The maximum Gasteiger partial charge on any atom is 0.259 e. The molecule has 0 atom stereocenters. The van der Waals surface area contributed by atoms with Crippen LogP contribution in [-0.2, 0) is 0 Å². The van der Waals surface area contributed by atoms with Gasteiger partial charge in [0.2, 0.25) is 0 Å². The van der Waals surface area contributed by atoms with Gasteiger partial charge in [-0.25, -0.2) is 13.8 Å². The van der Waals surface area contributed by atoms with E-state index in [1.165, 1.54) is 12.1 Å². The normalized spacial score (nSPS) is 10.2. The molecule has 0 unspecified atom stereocenters. The summed E-state index contributed by atoms with van der Waals surface area (Å²) in [5, 5.41) is 5.06. The van der Waals surface area contributed by atoms with Gasteiger partial charge >= 0.3 is 0 Å². The van der Waals surface area contributed by atoms with E-state index in [9.17, 15) is 13.6 Å². The largest absolute Gasteiger partial charge is 0.372 e. The van der Waals surface area contributed by atoms with Crippen LogP contribution in [0.1, 0.15) is 10.4 Å². The van der Waals surface area contributed by atoms with Crippen LogP contribution in [-0.4, -0.2) is 17.9 Å². The maximum atomic E-state index is 13.6. The van der Waals surface area contributed by atoms with Crippen molar-refractivity contribution in [3.05, 3.63) is 52.1 Å². The highest BCUT2D eigenvalue weighted by molar-refractivity contribution is 9.10. The average molecular weight is 342 g/mol. The predicted octanol–water partition coefficient (Wildman–Crippen LogP) is 3.42. The van der Waals surface area contributed by atoms with Crippen molar-refractivity contribution in [3.63, 3.8) is 0 Å². The maximum absolute atomic E-state index is 13.6. The summed E-state index contributed by atoms with van der Waals surface area (Å²) in [6.45, 7) is 0. The van der Waals surface area contributed by atoms with E-state index in [2.05, 4.69) is 31.5 Å².